The third kappa shape index (κ3) is 3.88. The molecule has 0 aromatic heterocycles. The van der Waals surface area contributed by atoms with Crippen molar-refractivity contribution in [3.05, 3.63) is 124 Å². The normalized spacial score (nSPS) is 24.8. The average Bonchev–Trinajstić information content (AvgIpc) is 3.54. The summed E-state index contributed by atoms with van der Waals surface area (Å²) in [6.07, 6.45) is 0.0799. The summed E-state index contributed by atoms with van der Waals surface area (Å²) in [7, 11) is 0. The standard InChI is InChI=1S/C37H30N2O5/c1-20-15-21(2)17-24(16-20)38-19-22(18-30(38)40)37(43)44-25-13-11-23(12-14-25)39-35(41)33-31-26-7-3-4-8-27(26)32(34(33)36(39)42)29-10-6-5-9-28(29)31/h3-17,22,31-34H,18-19H2,1-2H3/t22-,31?,32?,33-,34+/m1/s1. The third-order valence-electron chi connectivity index (χ3n) is 9.74. The number of esters is 1. The first-order valence-electron chi connectivity index (χ1n) is 15.1. The fraction of sp³-hybridized carbons (Fsp3) is 0.243. The third-order valence-corrected chi connectivity index (χ3v) is 9.74. The van der Waals surface area contributed by atoms with Crippen molar-refractivity contribution in [2.75, 3.05) is 16.3 Å². The molecule has 2 saturated heterocycles. The molecule has 4 aromatic rings. The lowest BCUT2D eigenvalue weighted by Crippen LogP contribution is -2.41. The van der Waals surface area contributed by atoms with E-state index in [0.29, 0.717) is 11.4 Å². The number of nitrogens with zero attached hydrogens (tertiary/aromatic N) is 2. The maximum absolute atomic E-state index is 14.0. The van der Waals surface area contributed by atoms with Crippen LogP contribution in [0.3, 0.4) is 0 Å². The molecule has 0 N–H and O–H groups in total. The Bertz CT molecular complexity index is 1760. The average molecular weight is 583 g/mol. The Morgan fingerprint density at radius 3 is 1.68 bits per heavy atom. The Morgan fingerprint density at radius 2 is 1.18 bits per heavy atom. The van der Waals surface area contributed by atoms with Crippen molar-refractivity contribution in [2.24, 2.45) is 17.8 Å². The van der Waals surface area contributed by atoms with Crippen LogP contribution >= 0.6 is 0 Å². The first-order valence-corrected chi connectivity index (χ1v) is 15.1. The van der Waals surface area contributed by atoms with Crippen LogP contribution in [0.1, 0.15) is 51.6 Å². The van der Waals surface area contributed by atoms with Gasteiger partial charge in [0.2, 0.25) is 17.7 Å². The molecule has 2 aliphatic heterocycles. The van der Waals surface area contributed by atoms with Crippen molar-refractivity contribution in [1.82, 2.24) is 0 Å². The lowest BCUT2D eigenvalue weighted by Gasteiger charge is -2.45. The van der Waals surface area contributed by atoms with Gasteiger partial charge < -0.3 is 9.64 Å². The molecule has 9 rings (SSSR count). The van der Waals surface area contributed by atoms with Crippen LogP contribution in [-0.4, -0.2) is 30.2 Å². The minimum atomic E-state index is -0.591. The van der Waals surface area contributed by atoms with Gasteiger partial charge >= 0.3 is 5.97 Å². The molecule has 7 nitrogen and oxygen atoms in total. The first kappa shape index (κ1) is 26.6. The van der Waals surface area contributed by atoms with E-state index >= 15 is 0 Å². The molecular formula is C37H30N2O5. The van der Waals surface area contributed by atoms with E-state index in [4.69, 9.17) is 4.74 Å². The summed E-state index contributed by atoms with van der Waals surface area (Å²) in [5, 5.41) is 0. The van der Waals surface area contributed by atoms with Gasteiger partial charge in [-0.15, -0.1) is 0 Å². The van der Waals surface area contributed by atoms with E-state index in [1.807, 2.05) is 56.3 Å². The van der Waals surface area contributed by atoms with E-state index in [-0.39, 0.29) is 42.5 Å². The maximum Gasteiger partial charge on any atom is 0.316 e. The van der Waals surface area contributed by atoms with Crippen molar-refractivity contribution in [3.8, 4) is 5.75 Å². The summed E-state index contributed by atoms with van der Waals surface area (Å²) in [6, 6.07) is 28.8. The Morgan fingerprint density at radius 1 is 0.682 bits per heavy atom. The van der Waals surface area contributed by atoms with Gasteiger partial charge in [0.1, 0.15) is 5.75 Å². The summed E-state index contributed by atoms with van der Waals surface area (Å²) in [6.45, 7) is 4.21. The molecule has 218 valence electrons. The SMILES string of the molecule is Cc1cc(C)cc(N2C[C@H](C(=O)Oc3ccc(N4C(=O)[C@@H]5C6c7ccccc7C(c7ccccc76)[C@@H]5C4=O)cc3)CC2=O)c1. The highest BCUT2D eigenvalue weighted by molar-refractivity contribution is 6.23. The number of carbonyl (C=O) groups excluding carboxylic acids is 4. The largest absolute Gasteiger partial charge is 0.426 e. The highest BCUT2D eigenvalue weighted by Crippen LogP contribution is 2.61. The number of imide groups is 1. The number of ether oxygens (including phenoxy) is 1. The van der Waals surface area contributed by atoms with Crippen LogP contribution in [0.25, 0.3) is 0 Å². The zero-order valence-corrected chi connectivity index (χ0v) is 24.4. The summed E-state index contributed by atoms with van der Waals surface area (Å²) >= 11 is 0. The minimum Gasteiger partial charge on any atom is -0.426 e. The van der Waals surface area contributed by atoms with Crippen molar-refractivity contribution in [3.63, 3.8) is 0 Å². The lowest BCUT2D eigenvalue weighted by molar-refractivity contribution is -0.139. The predicted octanol–water partition coefficient (Wildman–Crippen LogP) is 5.66. The molecule has 2 fully saturated rings. The molecule has 0 spiro atoms. The van der Waals surface area contributed by atoms with Gasteiger partial charge in [-0.25, -0.2) is 4.90 Å². The zero-order valence-electron chi connectivity index (χ0n) is 24.4. The monoisotopic (exact) mass is 582 g/mol. The van der Waals surface area contributed by atoms with Crippen LogP contribution in [0.4, 0.5) is 11.4 Å². The molecule has 7 heteroatoms. The van der Waals surface area contributed by atoms with Gasteiger partial charge in [-0.05, 0) is 83.6 Å². The van der Waals surface area contributed by atoms with Crippen LogP contribution in [-0.2, 0) is 19.2 Å². The number of rotatable bonds is 4. The van der Waals surface area contributed by atoms with Crippen LogP contribution in [0, 0.1) is 31.6 Å². The molecule has 3 atom stereocenters. The van der Waals surface area contributed by atoms with Crippen molar-refractivity contribution < 1.29 is 23.9 Å². The molecule has 4 aromatic carbocycles. The van der Waals surface area contributed by atoms with Crippen molar-refractivity contribution in [2.45, 2.75) is 32.1 Å². The van der Waals surface area contributed by atoms with Gasteiger partial charge in [0.05, 0.1) is 23.4 Å². The lowest BCUT2D eigenvalue weighted by atomic mass is 9.55. The molecule has 2 bridgehead atoms. The second-order valence-electron chi connectivity index (χ2n) is 12.4. The molecule has 2 heterocycles. The molecule has 3 aliphatic carbocycles. The second kappa shape index (κ2) is 9.74. The van der Waals surface area contributed by atoms with Crippen molar-refractivity contribution >= 4 is 35.1 Å². The number of amides is 3. The second-order valence-corrected chi connectivity index (χ2v) is 12.4. The van der Waals surface area contributed by atoms with E-state index in [9.17, 15) is 19.2 Å². The van der Waals surface area contributed by atoms with Crippen LogP contribution in [0.2, 0.25) is 0 Å². The number of benzene rings is 4. The van der Waals surface area contributed by atoms with Crippen molar-refractivity contribution in [1.29, 1.82) is 0 Å². The number of carbonyl (C=O) groups is 4. The van der Waals surface area contributed by atoms with Gasteiger partial charge in [-0.3, -0.25) is 19.2 Å². The van der Waals surface area contributed by atoms with Crippen LogP contribution in [0.15, 0.2) is 91.0 Å². The van der Waals surface area contributed by atoms with E-state index < -0.39 is 23.7 Å². The quantitative estimate of drug-likeness (QED) is 0.176. The highest BCUT2D eigenvalue weighted by atomic mass is 16.5. The summed E-state index contributed by atoms with van der Waals surface area (Å²) < 4.78 is 5.67. The van der Waals surface area contributed by atoms with Gasteiger partial charge in [0.25, 0.3) is 0 Å². The fourth-order valence-electron chi connectivity index (χ4n) is 8.02. The van der Waals surface area contributed by atoms with E-state index in [2.05, 4.69) is 24.3 Å². The van der Waals surface area contributed by atoms with E-state index in [1.165, 1.54) is 4.90 Å². The molecule has 0 radical (unpaired) electrons. The van der Waals surface area contributed by atoms with Gasteiger partial charge in [-0.2, -0.15) is 0 Å². The minimum absolute atomic E-state index is 0.0799. The first-order chi connectivity index (χ1) is 21.3. The number of hydrogen-bond donors (Lipinski definition) is 0. The predicted molar refractivity (Wildman–Crippen MR) is 164 cm³/mol. The molecule has 3 amide bonds. The Balaban J connectivity index is 1.02. The summed E-state index contributed by atoms with van der Waals surface area (Å²) in [4.78, 5) is 56.8. The van der Waals surface area contributed by atoms with Gasteiger partial charge in [0.15, 0.2) is 0 Å². The zero-order chi connectivity index (χ0) is 30.3. The summed E-state index contributed by atoms with van der Waals surface area (Å²) in [5.74, 6) is -2.54. The van der Waals surface area contributed by atoms with Gasteiger partial charge in [-0.1, -0.05) is 54.6 Å². The number of anilines is 2. The summed E-state index contributed by atoms with van der Waals surface area (Å²) in [5.41, 5.74) is 7.86. The molecule has 0 saturated carbocycles. The molecule has 0 unspecified atom stereocenters. The number of hydrogen-bond acceptors (Lipinski definition) is 5. The number of aryl methyl sites for hydroxylation is 2. The Labute approximate surface area is 255 Å². The molecule has 44 heavy (non-hydrogen) atoms. The van der Waals surface area contributed by atoms with E-state index in [0.717, 1.165) is 39.1 Å². The highest BCUT2D eigenvalue weighted by Gasteiger charge is 2.61. The maximum atomic E-state index is 14.0. The fourth-order valence-corrected chi connectivity index (χ4v) is 8.02. The smallest absolute Gasteiger partial charge is 0.316 e. The Hall–Kier alpha value is -5.04. The van der Waals surface area contributed by atoms with E-state index in [1.54, 1.807) is 29.2 Å². The molecule has 5 aliphatic rings. The van der Waals surface area contributed by atoms with Crippen LogP contribution in [0.5, 0.6) is 5.75 Å². The molecular weight excluding hydrogens is 552 g/mol. The topological polar surface area (TPSA) is 84.0 Å². The van der Waals surface area contributed by atoms with Gasteiger partial charge in [0, 0.05) is 30.5 Å². The Kier molecular flexibility index (Phi) is 5.88. The van der Waals surface area contributed by atoms with Crippen LogP contribution < -0.4 is 14.5 Å².